The second kappa shape index (κ2) is 4.69. The number of hydrogen-bond donors (Lipinski definition) is 1. The molecule has 0 saturated carbocycles. The number of nitrogens with zero attached hydrogens (tertiary/aromatic N) is 1. The summed E-state index contributed by atoms with van der Waals surface area (Å²) in [5.41, 5.74) is -0.572. The van der Waals surface area contributed by atoms with Gasteiger partial charge in [0.25, 0.3) is 5.91 Å². The fraction of sp³-hybridized carbons (Fsp3) is 0.800. The molecule has 1 atom stereocenters. The number of amides is 2. The summed E-state index contributed by atoms with van der Waals surface area (Å²) < 4.78 is 5.04. The molecule has 0 aromatic rings. The van der Waals surface area contributed by atoms with Crippen LogP contribution in [0.5, 0.6) is 0 Å². The van der Waals surface area contributed by atoms with Crippen molar-refractivity contribution in [1.82, 2.24) is 10.4 Å². The Bertz CT molecular complexity index is 285. The lowest BCUT2D eigenvalue weighted by atomic mass is 10.2. The number of likely N-dealkylation sites (N-methyl/N-ethyl adjacent to an activating group) is 1. The Morgan fingerprint density at radius 1 is 1.62 bits per heavy atom. The van der Waals surface area contributed by atoms with Crippen molar-refractivity contribution >= 4 is 12.0 Å². The van der Waals surface area contributed by atoms with Gasteiger partial charge in [-0.25, -0.2) is 9.86 Å². The number of carbonyl (C=O) groups is 2. The lowest BCUT2D eigenvalue weighted by Crippen LogP contribution is -2.44. The number of carbonyl (C=O) groups excluding carboxylic acids is 2. The average molecular weight is 230 g/mol. The topological polar surface area (TPSA) is 67.9 Å². The average Bonchev–Trinajstić information content (AvgIpc) is 2.44. The zero-order valence-corrected chi connectivity index (χ0v) is 10.1. The summed E-state index contributed by atoms with van der Waals surface area (Å²) in [5, 5.41) is 3.70. The number of nitrogens with one attached hydrogen (secondary N) is 1. The van der Waals surface area contributed by atoms with Crippen molar-refractivity contribution in [2.75, 3.05) is 13.2 Å². The number of hydrogen-bond acceptors (Lipinski definition) is 4. The number of ether oxygens (including phenoxy) is 1. The molecule has 0 bridgehead atoms. The Labute approximate surface area is 94.8 Å². The smallest absolute Gasteiger partial charge is 0.408 e. The summed E-state index contributed by atoms with van der Waals surface area (Å²) in [4.78, 5) is 28.0. The Morgan fingerprint density at radius 3 is 2.69 bits per heavy atom. The highest BCUT2D eigenvalue weighted by molar-refractivity contribution is 5.86. The predicted octanol–water partition coefficient (Wildman–Crippen LogP) is 0.673. The van der Waals surface area contributed by atoms with E-state index in [1.807, 2.05) is 0 Å². The Balaban J connectivity index is 2.44. The second-order valence-electron chi connectivity index (χ2n) is 4.53. The van der Waals surface area contributed by atoms with Crippen molar-refractivity contribution in [2.45, 2.75) is 39.3 Å². The van der Waals surface area contributed by atoms with Crippen molar-refractivity contribution in [1.29, 1.82) is 0 Å². The molecule has 6 nitrogen and oxygen atoms in total. The van der Waals surface area contributed by atoms with Gasteiger partial charge in [0.05, 0.1) is 0 Å². The summed E-state index contributed by atoms with van der Waals surface area (Å²) in [6.45, 7) is 7.71. The second-order valence-corrected chi connectivity index (χ2v) is 4.53. The van der Waals surface area contributed by atoms with E-state index in [9.17, 15) is 9.59 Å². The van der Waals surface area contributed by atoms with Gasteiger partial charge in [-0.3, -0.25) is 9.63 Å². The minimum Gasteiger partial charge on any atom is -0.444 e. The molecule has 1 aliphatic rings. The molecule has 16 heavy (non-hydrogen) atoms. The lowest BCUT2D eigenvalue weighted by molar-refractivity contribution is -0.160. The number of hydroxylamine groups is 2. The third-order valence-corrected chi connectivity index (χ3v) is 1.92. The van der Waals surface area contributed by atoms with E-state index in [1.165, 1.54) is 5.06 Å². The largest absolute Gasteiger partial charge is 0.444 e. The van der Waals surface area contributed by atoms with Crippen LogP contribution >= 0.6 is 0 Å². The first-order chi connectivity index (χ1) is 7.33. The summed E-state index contributed by atoms with van der Waals surface area (Å²) >= 11 is 0. The highest BCUT2D eigenvalue weighted by atomic mass is 16.7. The van der Waals surface area contributed by atoms with Gasteiger partial charge < -0.3 is 10.1 Å². The van der Waals surface area contributed by atoms with E-state index in [4.69, 9.17) is 9.57 Å². The van der Waals surface area contributed by atoms with Gasteiger partial charge in [-0.1, -0.05) is 0 Å². The summed E-state index contributed by atoms with van der Waals surface area (Å²) in [5.74, 6) is -0.242. The van der Waals surface area contributed by atoms with E-state index < -0.39 is 17.7 Å². The summed E-state index contributed by atoms with van der Waals surface area (Å²) in [6, 6.07) is -0.644. The van der Waals surface area contributed by atoms with E-state index in [1.54, 1.807) is 27.7 Å². The molecule has 6 heteroatoms. The molecule has 0 radical (unpaired) electrons. The molecule has 1 fully saturated rings. The molecule has 0 spiro atoms. The molecule has 0 aromatic heterocycles. The maximum Gasteiger partial charge on any atom is 0.408 e. The third-order valence-electron chi connectivity index (χ3n) is 1.92. The first kappa shape index (κ1) is 12.8. The molecule has 1 aliphatic heterocycles. The van der Waals surface area contributed by atoms with E-state index in [-0.39, 0.29) is 12.5 Å². The van der Waals surface area contributed by atoms with Crippen molar-refractivity contribution in [3.63, 3.8) is 0 Å². The van der Waals surface area contributed by atoms with Crippen LogP contribution < -0.4 is 5.32 Å². The molecular formula is C10H18N2O4. The monoisotopic (exact) mass is 230 g/mol. The van der Waals surface area contributed by atoms with E-state index in [0.717, 1.165) is 0 Å². The van der Waals surface area contributed by atoms with E-state index >= 15 is 0 Å². The van der Waals surface area contributed by atoms with Gasteiger partial charge in [0.1, 0.15) is 18.2 Å². The van der Waals surface area contributed by atoms with Gasteiger partial charge in [0.15, 0.2) is 0 Å². The van der Waals surface area contributed by atoms with Crippen LogP contribution in [0, 0.1) is 0 Å². The fourth-order valence-electron chi connectivity index (χ4n) is 1.27. The van der Waals surface area contributed by atoms with Gasteiger partial charge in [0, 0.05) is 6.54 Å². The molecule has 1 rings (SSSR count). The molecule has 1 N–H and O–H groups in total. The van der Waals surface area contributed by atoms with Gasteiger partial charge in [0.2, 0.25) is 0 Å². The standard InChI is InChI=1S/C10H18N2O4/c1-5-12-8(13)7(6-15-12)11-9(14)16-10(2,3)4/h7H,5-6H2,1-4H3,(H,11,14). The molecule has 1 unspecified atom stereocenters. The quantitative estimate of drug-likeness (QED) is 0.757. The van der Waals surface area contributed by atoms with Crippen LogP contribution in [0.25, 0.3) is 0 Å². The molecule has 1 heterocycles. The van der Waals surface area contributed by atoms with Crippen molar-refractivity contribution in [2.24, 2.45) is 0 Å². The van der Waals surface area contributed by atoms with Crippen LogP contribution in [-0.2, 0) is 14.4 Å². The van der Waals surface area contributed by atoms with Gasteiger partial charge in [-0.05, 0) is 27.7 Å². The van der Waals surface area contributed by atoms with Crippen molar-refractivity contribution in [3.8, 4) is 0 Å². The Kier molecular flexibility index (Phi) is 3.74. The zero-order chi connectivity index (χ0) is 12.3. The van der Waals surface area contributed by atoms with Gasteiger partial charge >= 0.3 is 6.09 Å². The fourth-order valence-corrected chi connectivity index (χ4v) is 1.27. The first-order valence-electron chi connectivity index (χ1n) is 5.27. The van der Waals surface area contributed by atoms with E-state index in [2.05, 4.69) is 5.32 Å². The van der Waals surface area contributed by atoms with E-state index in [0.29, 0.717) is 6.54 Å². The van der Waals surface area contributed by atoms with Gasteiger partial charge in [-0.15, -0.1) is 0 Å². The third kappa shape index (κ3) is 3.37. The van der Waals surface area contributed by atoms with Gasteiger partial charge in [-0.2, -0.15) is 0 Å². The van der Waals surface area contributed by atoms with Crippen molar-refractivity contribution < 1.29 is 19.2 Å². The Morgan fingerprint density at radius 2 is 2.25 bits per heavy atom. The summed E-state index contributed by atoms with van der Waals surface area (Å²) in [7, 11) is 0. The van der Waals surface area contributed by atoms with Crippen LogP contribution in [0.1, 0.15) is 27.7 Å². The maximum atomic E-state index is 11.6. The van der Waals surface area contributed by atoms with Crippen LogP contribution in [0.4, 0.5) is 4.79 Å². The maximum absolute atomic E-state index is 11.6. The number of alkyl carbamates (subject to hydrolysis) is 1. The van der Waals surface area contributed by atoms with Crippen molar-refractivity contribution in [3.05, 3.63) is 0 Å². The lowest BCUT2D eigenvalue weighted by Gasteiger charge is -2.20. The molecular weight excluding hydrogens is 212 g/mol. The van der Waals surface area contributed by atoms with Crippen LogP contribution in [0.15, 0.2) is 0 Å². The SMILES string of the molecule is CCN1OCC(NC(=O)OC(C)(C)C)C1=O. The molecule has 2 amide bonds. The Hall–Kier alpha value is -1.30. The highest BCUT2D eigenvalue weighted by Crippen LogP contribution is 2.10. The zero-order valence-electron chi connectivity index (χ0n) is 10.1. The minimum absolute atomic E-state index is 0.159. The normalized spacial score (nSPS) is 21.1. The van der Waals surface area contributed by atoms with Crippen LogP contribution in [-0.4, -0.2) is 41.9 Å². The molecule has 0 aliphatic carbocycles. The van der Waals surface area contributed by atoms with Crippen LogP contribution in [0.2, 0.25) is 0 Å². The highest BCUT2D eigenvalue weighted by Gasteiger charge is 2.34. The van der Waals surface area contributed by atoms with Crippen LogP contribution in [0.3, 0.4) is 0 Å². The predicted molar refractivity (Wildman–Crippen MR) is 56.5 cm³/mol. The first-order valence-corrected chi connectivity index (χ1v) is 5.27. The molecule has 0 aromatic carbocycles. The molecule has 92 valence electrons. The molecule has 1 saturated heterocycles. The number of rotatable bonds is 2. The summed E-state index contributed by atoms with van der Waals surface area (Å²) in [6.07, 6.45) is -0.604. The minimum atomic E-state index is -0.644.